The molecule has 1 unspecified atom stereocenters. The van der Waals surface area contributed by atoms with E-state index in [1.165, 1.54) is 0 Å². The highest BCUT2D eigenvalue weighted by Crippen LogP contribution is 2.60. The van der Waals surface area contributed by atoms with E-state index in [0.29, 0.717) is 29.4 Å². The number of hydrogen-bond donors (Lipinski definition) is 1. The number of benzene rings is 4. The van der Waals surface area contributed by atoms with Crippen LogP contribution in [0, 0.1) is 0 Å². The molecule has 0 spiro atoms. The van der Waals surface area contributed by atoms with Crippen molar-refractivity contribution in [1.82, 2.24) is 0 Å². The lowest BCUT2D eigenvalue weighted by Gasteiger charge is -2.29. The zero-order valence-corrected chi connectivity index (χ0v) is 20.1. The highest BCUT2D eigenvalue weighted by molar-refractivity contribution is 7.55. The molecule has 0 aliphatic heterocycles. The van der Waals surface area contributed by atoms with Crippen molar-refractivity contribution < 1.29 is 23.1 Å². The Morgan fingerprint density at radius 2 is 1.23 bits per heavy atom. The molecule has 0 saturated heterocycles. The first-order chi connectivity index (χ1) is 17.1. The molecular formula is C28H26NO5P. The summed E-state index contributed by atoms with van der Waals surface area (Å²) in [6.07, 6.45) is 0. The van der Waals surface area contributed by atoms with E-state index in [9.17, 15) is 9.36 Å². The van der Waals surface area contributed by atoms with Crippen molar-refractivity contribution in [2.45, 2.75) is 12.7 Å². The van der Waals surface area contributed by atoms with Crippen LogP contribution in [0.2, 0.25) is 0 Å². The zero-order chi connectivity index (χ0) is 24.5. The molecule has 4 aromatic carbocycles. The van der Waals surface area contributed by atoms with E-state index in [1.807, 2.05) is 42.5 Å². The minimum Gasteiger partial charge on any atom is -0.462 e. The fourth-order valence-corrected chi connectivity index (χ4v) is 5.36. The lowest BCUT2D eigenvalue weighted by Crippen LogP contribution is -2.18. The number of rotatable bonds is 10. The van der Waals surface area contributed by atoms with Gasteiger partial charge in [0.25, 0.3) is 0 Å². The van der Waals surface area contributed by atoms with Crippen LogP contribution < -0.4 is 14.4 Å². The number of carbonyl (C=O) groups is 1. The van der Waals surface area contributed by atoms with Crippen LogP contribution in [0.15, 0.2) is 115 Å². The average molecular weight is 487 g/mol. The van der Waals surface area contributed by atoms with Gasteiger partial charge in [-0.1, -0.05) is 66.7 Å². The van der Waals surface area contributed by atoms with Gasteiger partial charge >= 0.3 is 13.6 Å². The van der Waals surface area contributed by atoms with E-state index in [2.05, 4.69) is 5.32 Å². The first-order valence-corrected chi connectivity index (χ1v) is 12.9. The summed E-state index contributed by atoms with van der Waals surface area (Å²) in [7, 11) is -3.90. The van der Waals surface area contributed by atoms with Gasteiger partial charge in [0.1, 0.15) is 11.5 Å². The smallest absolute Gasteiger partial charge is 0.457 e. The van der Waals surface area contributed by atoms with Crippen LogP contribution in [0.1, 0.15) is 28.6 Å². The number of carbonyl (C=O) groups excluding carboxylic acids is 1. The number of anilines is 1. The lowest BCUT2D eigenvalue weighted by molar-refractivity contribution is 0.0526. The molecule has 6 nitrogen and oxygen atoms in total. The van der Waals surface area contributed by atoms with Crippen LogP contribution in [0.4, 0.5) is 5.69 Å². The Hall–Kier alpha value is -4.02. The summed E-state index contributed by atoms with van der Waals surface area (Å²) in [5.74, 6) is -0.402. The van der Waals surface area contributed by atoms with E-state index in [0.717, 1.165) is 5.56 Å². The van der Waals surface area contributed by atoms with E-state index >= 15 is 0 Å². The minimum atomic E-state index is -3.90. The van der Waals surface area contributed by atoms with Gasteiger partial charge in [0.15, 0.2) is 5.78 Å². The van der Waals surface area contributed by atoms with Gasteiger partial charge in [0, 0.05) is 5.69 Å². The molecule has 35 heavy (non-hydrogen) atoms. The number of ether oxygens (including phenoxy) is 1. The van der Waals surface area contributed by atoms with Crippen LogP contribution in [0.5, 0.6) is 11.5 Å². The van der Waals surface area contributed by atoms with Gasteiger partial charge in [-0.3, -0.25) is 0 Å². The van der Waals surface area contributed by atoms with Crippen LogP contribution in [0.3, 0.4) is 0 Å². The van der Waals surface area contributed by atoms with Gasteiger partial charge in [-0.2, -0.15) is 0 Å². The minimum absolute atomic E-state index is 0.297. The Bertz CT molecular complexity index is 1220. The summed E-state index contributed by atoms with van der Waals surface area (Å²) in [6, 6.07) is 34.0. The van der Waals surface area contributed by atoms with Crippen LogP contribution in [0.25, 0.3) is 0 Å². The van der Waals surface area contributed by atoms with Gasteiger partial charge in [-0.15, -0.1) is 0 Å². The third-order valence-corrected chi connectivity index (χ3v) is 7.07. The fraction of sp³-hybridized carbons (Fsp3) is 0.107. The third-order valence-electron chi connectivity index (χ3n) is 5.08. The molecular weight excluding hydrogens is 461 g/mol. The number of para-hydroxylation sites is 2. The molecule has 0 heterocycles. The maximum Gasteiger partial charge on any atom is 0.457 e. The molecule has 4 aromatic rings. The van der Waals surface area contributed by atoms with Gasteiger partial charge in [0.05, 0.1) is 12.2 Å². The third kappa shape index (κ3) is 6.31. The van der Waals surface area contributed by atoms with Crippen molar-refractivity contribution in [3.05, 3.63) is 126 Å². The van der Waals surface area contributed by atoms with Crippen molar-refractivity contribution in [3.63, 3.8) is 0 Å². The average Bonchev–Trinajstić information content (AvgIpc) is 2.89. The second-order valence-corrected chi connectivity index (χ2v) is 9.57. The largest absolute Gasteiger partial charge is 0.462 e. The first kappa shape index (κ1) is 24.1. The normalized spacial score (nSPS) is 11.8. The van der Waals surface area contributed by atoms with Crippen LogP contribution in [-0.2, 0) is 9.30 Å². The van der Waals surface area contributed by atoms with Gasteiger partial charge in [0.2, 0.25) is 0 Å². The van der Waals surface area contributed by atoms with Crippen molar-refractivity contribution in [3.8, 4) is 11.5 Å². The molecule has 1 N–H and O–H groups in total. The SMILES string of the molecule is CCOC(=O)c1ccc(NC(c2ccccc2)P(=O)(Oc2ccccc2)Oc2ccccc2)cc1. The fourth-order valence-electron chi connectivity index (χ4n) is 3.44. The maximum atomic E-state index is 14.5. The Morgan fingerprint density at radius 1 is 0.743 bits per heavy atom. The van der Waals surface area contributed by atoms with Crippen molar-refractivity contribution in [2.75, 3.05) is 11.9 Å². The molecule has 0 aliphatic carbocycles. The number of esters is 1. The molecule has 1 atom stereocenters. The molecule has 0 amide bonds. The maximum absolute atomic E-state index is 14.5. The standard InChI is InChI=1S/C28H26NO5P/c1-2-32-28(30)23-18-20-24(21-19-23)29-27(22-12-6-3-7-13-22)35(31,33-25-14-8-4-9-15-25)34-26-16-10-5-11-17-26/h3-21,27,29H,2H2,1H3. The molecule has 0 bridgehead atoms. The van der Waals surface area contributed by atoms with E-state index in [4.69, 9.17) is 13.8 Å². The Balaban J connectivity index is 1.72. The summed E-state index contributed by atoms with van der Waals surface area (Å²) < 4.78 is 31.8. The Kier molecular flexibility index (Phi) is 7.86. The predicted octanol–water partition coefficient (Wildman–Crippen LogP) is 7.33. The van der Waals surface area contributed by atoms with Gasteiger partial charge in [-0.05, 0) is 61.0 Å². The van der Waals surface area contributed by atoms with Crippen molar-refractivity contribution in [1.29, 1.82) is 0 Å². The summed E-state index contributed by atoms with van der Waals surface area (Å²) >= 11 is 0. The molecule has 0 aliphatic rings. The van der Waals surface area contributed by atoms with Gasteiger partial charge < -0.3 is 19.1 Å². The zero-order valence-electron chi connectivity index (χ0n) is 19.2. The molecule has 4 rings (SSSR count). The summed E-state index contributed by atoms with van der Waals surface area (Å²) in [5, 5.41) is 3.31. The quantitative estimate of drug-likeness (QED) is 0.187. The van der Waals surface area contributed by atoms with Crippen LogP contribution >= 0.6 is 7.60 Å². The number of nitrogens with one attached hydrogen (secondary N) is 1. The van der Waals surface area contributed by atoms with E-state index < -0.39 is 19.3 Å². The summed E-state index contributed by atoms with van der Waals surface area (Å²) in [6.45, 7) is 2.06. The first-order valence-electron chi connectivity index (χ1n) is 11.2. The molecule has 178 valence electrons. The summed E-state index contributed by atoms with van der Waals surface area (Å²) in [5.41, 5.74) is 1.79. The van der Waals surface area contributed by atoms with E-state index in [1.54, 1.807) is 79.7 Å². The monoisotopic (exact) mass is 487 g/mol. The molecule has 0 saturated carbocycles. The molecule has 0 fully saturated rings. The second-order valence-electron chi connectivity index (χ2n) is 7.60. The predicted molar refractivity (Wildman–Crippen MR) is 137 cm³/mol. The van der Waals surface area contributed by atoms with Crippen LogP contribution in [-0.4, -0.2) is 12.6 Å². The Labute approximate surface area is 205 Å². The highest BCUT2D eigenvalue weighted by Gasteiger charge is 2.41. The topological polar surface area (TPSA) is 73.9 Å². The summed E-state index contributed by atoms with van der Waals surface area (Å²) in [4.78, 5) is 12.0. The molecule has 0 radical (unpaired) electrons. The molecule has 7 heteroatoms. The van der Waals surface area contributed by atoms with Crippen molar-refractivity contribution in [2.24, 2.45) is 0 Å². The second kappa shape index (κ2) is 11.4. The van der Waals surface area contributed by atoms with Crippen molar-refractivity contribution >= 4 is 19.3 Å². The Morgan fingerprint density at radius 3 is 1.71 bits per heavy atom. The lowest BCUT2D eigenvalue weighted by atomic mass is 10.2. The van der Waals surface area contributed by atoms with E-state index in [-0.39, 0.29) is 0 Å². The molecule has 0 aromatic heterocycles. The highest BCUT2D eigenvalue weighted by atomic mass is 31.2. The van der Waals surface area contributed by atoms with Gasteiger partial charge in [-0.25, -0.2) is 9.36 Å². The number of hydrogen-bond acceptors (Lipinski definition) is 6.